The first-order valence-electron chi connectivity index (χ1n) is 9.29. The zero-order valence-electron chi connectivity index (χ0n) is 16.2. The lowest BCUT2D eigenvalue weighted by molar-refractivity contribution is 0.500. The average Bonchev–Trinajstić information content (AvgIpc) is 3.37. The Balaban J connectivity index is 1.44. The summed E-state index contributed by atoms with van der Waals surface area (Å²) in [7, 11) is 1.81. The number of benzene rings is 1. The predicted octanol–water partition coefficient (Wildman–Crippen LogP) is 2.93. The molecular weight excluding hydrogens is 404 g/mol. The normalized spacial score (nSPS) is 11.2. The third-order valence-electron chi connectivity index (χ3n) is 4.73. The molecule has 11 heteroatoms. The Bertz CT molecular complexity index is 1390. The fraction of sp³-hybridized carbons (Fsp3) is 0.100. The van der Waals surface area contributed by atoms with Gasteiger partial charge in [-0.2, -0.15) is 5.10 Å². The lowest BCUT2D eigenvalue weighted by Gasteiger charge is -2.07. The molecule has 1 N–H and O–H groups in total. The Morgan fingerprint density at radius 2 is 1.90 bits per heavy atom. The van der Waals surface area contributed by atoms with Crippen molar-refractivity contribution in [1.82, 2.24) is 39.3 Å². The molecule has 0 saturated heterocycles. The molecule has 0 aliphatic rings. The molecule has 154 valence electrons. The van der Waals surface area contributed by atoms with E-state index in [2.05, 4.69) is 35.6 Å². The molecule has 0 unspecified atom stereocenters. The number of nitrogens with one attached hydrogen (secondary N) is 1. The number of hydrogen-bond acceptors (Lipinski definition) is 7. The zero-order valence-corrected chi connectivity index (χ0v) is 16.2. The molecule has 0 amide bonds. The van der Waals surface area contributed by atoms with Gasteiger partial charge in [-0.3, -0.25) is 9.08 Å². The topological polar surface area (TPSA) is 98.7 Å². The quantitative estimate of drug-likeness (QED) is 0.468. The summed E-state index contributed by atoms with van der Waals surface area (Å²) in [6, 6.07) is 9.30. The van der Waals surface area contributed by atoms with E-state index in [1.807, 2.05) is 0 Å². The molecule has 0 aliphatic carbocycles. The molecule has 0 spiro atoms. The average molecular weight is 419 g/mol. The van der Waals surface area contributed by atoms with Gasteiger partial charge in [0.25, 0.3) is 0 Å². The number of aryl methyl sites for hydroxylation is 1. The fourth-order valence-electron chi connectivity index (χ4n) is 3.13. The van der Waals surface area contributed by atoms with Crippen LogP contribution in [-0.2, 0) is 13.5 Å². The number of anilines is 2. The maximum absolute atomic E-state index is 14.0. The van der Waals surface area contributed by atoms with E-state index in [0.29, 0.717) is 28.8 Å². The van der Waals surface area contributed by atoms with Gasteiger partial charge in [-0.05, 0) is 17.7 Å². The lowest BCUT2D eigenvalue weighted by Crippen LogP contribution is -2.03. The van der Waals surface area contributed by atoms with Crippen LogP contribution in [0.3, 0.4) is 0 Å². The monoisotopic (exact) mass is 419 g/mol. The van der Waals surface area contributed by atoms with Crippen LogP contribution in [0.2, 0.25) is 0 Å². The summed E-state index contributed by atoms with van der Waals surface area (Å²) < 4.78 is 30.8. The zero-order chi connectivity index (χ0) is 21.4. The van der Waals surface area contributed by atoms with Crippen molar-refractivity contribution in [3.63, 3.8) is 0 Å². The van der Waals surface area contributed by atoms with Crippen molar-refractivity contribution >= 4 is 17.4 Å². The molecule has 0 atom stereocenters. The van der Waals surface area contributed by atoms with Gasteiger partial charge in [0, 0.05) is 31.8 Å². The van der Waals surface area contributed by atoms with Gasteiger partial charge in [0.15, 0.2) is 17.3 Å². The first-order chi connectivity index (χ1) is 15.1. The van der Waals surface area contributed by atoms with E-state index in [1.165, 1.54) is 18.5 Å². The number of hydrogen-bond donors (Lipinski definition) is 1. The van der Waals surface area contributed by atoms with Gasteiger partial charge in [-0.15, -0.1) is 10.2 Å². The molecule has 0 bridgehead atoms. The summed E-state index contributed by atoms with van der Waals surface area (Å²) in [5, 5.41) is 15.4. The first kappa shape index (κ1) is 18.7. The molecule has 4 heterocycles. The maximum Gasteiger partial charge on any atom is 0.228 e. The Labute approximate surface area is 174 Å². The molecular formula is C20H15F2N9. The van der Waals surface area contributed by atoms with Gasteiger partial charge in [0.2, 0.25) is 5.95 Å². The third kappa shape index (κ3) is 3.56. The highest BCUT2D eigenvalue weighted by Gasteiger charge is 2.14. The number of halogens is 2. The van der Waals surface area contributed by atoms with Crippen molar-refractivity contribution in [2.75, 3.05) is 5.32 Å². The molecule has 0 saturated carbocycles. The van der Waals surface area contributed by atoms with Crippen LogP contribution in [0.25, 0.3) is 17.0 Å². The number of fused-ring (bicyclic) bond motifs is 1. The summed E-state index contributed by atoms with van der Waals surface area (Å²) in [6.07, 6.45) is 4.90. The van der Waals surface area contributed by atoms with Crippen LogP contribution in [0.4, 0.5) is 20.5 Å². The van der Waals surface area contributed by atoms with Crippen LogP contribution in [0.15, 0.2) is 55.1 Å². The molecule has 5 aromatic rings. The van der Waals surface area contributed by atoms with Gasteiger partial charge < -0.3 is 5.32 Å². The second kappa shape index (κ2) is 7.52. The van der Waals surface area contributed by atoms with Crippen molar-refractivity contribution in [1.29, 1.82) is 0 Å². The summed E-state index contributed by atoms with van der Waals surface area (Å²) in [4.78, 5) is 13.1. The first-order valence-corrected chi connectivity index (χ1v) is 9.29. The number of aromatic nitrogens is 8. The second-order valence-corrected chi connectivity index (χ2v) is 6.74. The van der Waals surface area contributed by atoms with E-state index in [1.54, 1.807) is 46.7 Å². The van der Waals surface area contributed by atoms with Gasteiger partial charge in [-0.25, -0.2) is 23.7 Å². The van der Waals surface area contributed by atoms with E-state index in [4.69, 9.17) is 0 Å². The summed E-state index contributed by atoms with van der Waals surface area (Å²) in [5.41, 5.74) is 1.86. The van der Waals surface area contributed by atoms with Crippen molar-refractivity contribution < 1.29 is 8.78 Å². The Hall–Kier alpha value is -4.28. The molecule has 31 heavy (non-hydrogen) atoms. The minimum absolute atomic E-state index is 0.0814. The van der Waals surface area contributed by atoms with Gasteiger partial charge in [0.1, 0.15) is 18.0 Å². The van der Waals surface area contributed by atoms with Crippen LogP contribution in [0, 0.1) is 11.6 Å². The van der Waals surface area contributed by atoms with Crippen molar-refractivity contribution in [3.8, 4) is 11.4 Å². The molecule has 0 aliphatic heterocycles. The van der Waals surface area contributed by atoms with E-state index in [0.717, 1.165) is 11.9 Å². The van der Waals surface area contributed by atoms with Gasteiger partial charge >= 0.3 is 0 Å². The van der Waals surface area contributed by atoms with Crippen molar-refractivity contribution in [3.05, 3.63) is 78.1 Å². The maximum atomic E-state index is 14.0. The lowest BCUT2D eigenvalue weighted by atomic mass is 10.1. The van der Waals surface area contributed by atoms with Crippen LogP contribution >= 0.6 is 0 Å². The van der Waals surface area contributed by atoms with Crippen LogP contribution in [-0.4, -0.2) is 39.3 Å². The van der Waals surface area contributed by atoms with Crippen LogP contribution in [0.1, 0.15) is 11.4 Å². The van der Waals surface area contributed by atoms with Gasteiger partial charge in [0.05, 0.1) is 17.6 Å². The number of nitrogens with zero attached hydrogens (tertiary/aromatic N) is 8. The number of rotatable bonds is 5. The molecule has 5 rings (SSSR count). The largest absolute Gasteiger partial charge is 0.309 e. The van der Waals surface area contributed by atoms with E-state index in [-0.39, 0.29) is 12.0 Å². The van der Waals surface area contributed by atoms with Gasteiger partial charge in [-0.1, -0.05) is 12.1 Å². The molecule has 0 fully saturated rings. The van der Waals surface area contributed by atoms with E-state index in [9.17, 15) is 8.78 Å². The Morgan fingerprint density at radius 3 is 2.74 bits per heavy atom. The SMILES string of the molecule is Cn1nccc1Nc1nccc(-c2cc3nnc(Cc4cccc(F)c4F)n3cn2)n1. The smallest absolute Gasteiger partial charge is 0.228 e. The highest BCUT2D eigenvalue weighted by molar-refractivity contribution is 5.61. The minimum Gasteiger partial charge on any atom is -0.309 e. The third-order valence-corrected chi connectivity index (χ3v) is 4.73. The second-order valence-electron chi connectivity index (χ2n) is 6.74. The van der Waals surface area contributed by atoms with E-state index >= 15 is 0 Å². The summed E-state index contributed by atoms with van der Waals surface area (Å²) in [6.45, 7) is 0. The Kier molecular flexibility index (Phi) is 4.54. The highest BCUT2D eigenvalue weighted by atomic mass is 19.2. The summed E-state index contributed by atoms with van der Waals surface area (Å²) in [5.74, 6) is -0.206. The predicted molar refractivity (Wildman–Crippen MR) is 107 cm³/mol. The minimum atomic E-state index is -0.897. The standard InChI is InChI=1S/C20H15F2N9/c1-30-16(6-8-25-30)27-20-23-7-5-14(26-20)15-10-18-29-28-17(31(18)11-24-15)9-12-3-2-4-13(21)19(12)22/h2-8,10-11H,9H2,1H3,(H,23,26,27). The summed E-state index contributed by atoms with van der Waals surface area (Å²) >= 11 is 0. The van der Waals surface area contributed by atoms with Crippen LogP contribution in [0.5, 0.6) is 0 Å². The van der Waals surface area contributed by atoms with Crippen molar-refractivity contribution in [2.45, 2.75) is 6.42 Å². The van der Waals surface area contributed by atoms with E-state index < -0.39 is 11.6 Å². The molecule has 9 nitrogen and oxygen atoms in total. The van der Waals surface area contributed by atoms with Crippen molar-refractivity contribution in [2.24, 2.45) is 7.05 Å². The van der Waals surface area contributed by atoms with Crippen LogP contribution < -0.4 is 5.32 Å². The fourth-order valence-corrected chi connectivity index (χ4v) is 3.13. The molecule has 4 aromatic heterocycles. The molecule has 0 radical (unpaired) electrons. The molecule has 1 aromatic carbocycles. The Morgan fingerprint density at radius 1 is 1.00 bits per heavy atom. The highest BCUT2D eigenvalue weighted by Crippen LogP contribution is 2.20.